The third kappa shape index (κ3) is 7.22. The minimum absolute atomic E-state index is 0.235. The van der Waals surface area contributed by atoms with Gasteiger partial charge in [-0.15, -0.1) is 0 Å². The van der Waals surface area contributed by atoms with E-state index in [1.165, 1.54) is 14.2 Å². The van der Waals surface area contributed by atoms with E-state index in [0.29, 0.717) is 22.9 Å². The van der Waals surface area contributed by atoms with E-state index < -0.39 is 23.5 Å². The maximum absolute atomic E-state index is 12.7. The Morgan fingerprint density at radius 3 is 1.84 bits per heavy atom. The minimum atomic E-state index is -0.674. The highest BCUT2D eigenvalue weighted by atomic mass is 16.6. The summed E-state index contributed by atoms with van der Waals surface area (Å²) in [5.74, 6) is -0.0366. The van der Waals surface area contributed by atoms with Crippen LogP contribution in [0.2, 0.25) is 0 Å². The van der Waals surface area contributed by atoms with Gasteiger partial charge < -0.3 is 30.2 Å². The maximum Gasteiger partial charge on any atom is 0.408 e. The standard InChI is InChI=1S/C22H27N3O6/c1-22(2,3)31-21(28)23-13-18(26)24-14-9-11-15(12-10-14)25-20(27)19-16(29-4)7-6-8-17(19)30-5/h6-12H,13H2,1-5H3,(H,23,28)(H,24,26)(H,25,27). The van der Waals surface area contributed by atoms with Crippen molar-refractivity contribution >= 4 is 29.3 Å². The summed E-state index contributed by atoms with van der Waals surface area (Å²) >= 11 is 0. The number of amides is 3. The van der Waals surface area contributed by atoms with Crippen molar-refractivity contribution in [2.24, 2.45) is 0 Å². The summed E-state index contributed by atoms with van der Waals surface area (Å²) in [4.78, 5) is 36.3. The largest absolute Gasteiger partial charge is 0.496 e. The molecule has 3 amide bonds. The van der Waals surface area contributed by atoms with Crippen LogP contribution in [0, 0.1) is 0 Å². The zero-order valence-electron chi connectivity index (χ0n) is 18.2. The molecule has 31 heavy (non-hydrogen) atoms. The molecule has 0 saturated heterocycles. The lowest BCUT2D eigenvalue weighted by atomic mass is 10.1. The van der Waals surface area contributed by atoms with E-state index in [9.17, 15) is 14.4 Å². The molecule has 2 aromatic rings. The highest BCUT2D eigenvalue weighted by molar-refractivity contribution is 6.08. The van der Waals surface area contributed by atoms with E-state index in [1.54, 1.807) is 63.2 Å². The second-order valence-electron chi connectivity index (χ2n) is 7.47. The molecule has 0 aliphatic rings. The quantitative estimate of drug-likeness (QED) is 0.621. The number of methoxy groups -OCH3 is 2. The van der Waals surface area contributed by atoms with Crippen molar-refractivity contribution in [3.63, 3.8) is 0 Å². The SMILES string of the molecule is COc1cccc(OC)c1C(=O)Nc1ccc(NC(=O)CNC(=O)OC(C)(C)C)cc1. The second kappa shape index (κ2) is 10.3. The first-order valence-electron chi connectivity index (χ1n) is 9.52. The maximum atomic E-state index is 12.7. The van der Waals surface area contributed by atoms with Crippen LogP contribution in [0.3, 0.4) is 0 Å². The molecule has 2 rings (SSSR count). The average Bonchev–Trinajstić information content (AvgIpc) is 2.71. The molecule has 3 N–H and O–H groups in total. The molecule has 0 saturated carbocycles. The van der Waals surface area contributed by atoms with Crippen LogP contribution in [0.15, 0.2) is 42.5 Å². The van der Waals surface area contributed by atoms with Crippen molar-refractivity contribution in [2.45, 2.75) is 26.4 Å². The van der Waals surface area contributed by atoms with Crippen LogP contribution in [0.1, 0.15) is 31.1 Å². The Balaban J connectivity index is 1.95. The van der Waals surface area contributed by atoms with Crippen molar-refractivity contribution in [3.05, 3.63) is 48.0 Å². The van der Waals surface area contributed by atoms with Gasteiger partial charge in [-0.3, -0.25) is 9.59 Å². The molecule has 166 valence electrons. The summed E-state index contributed by atoms with van der Waals surface area (Å²) < 4.78 is 15.6. The fraction of sp³-hybridized carbons (Fsp3) is 0.318. The van der Waals surface area contributed by atoms with Crippen molar-refractivity contribution in [1.82, 2.24) is 5.32 Å². The molecule has 9 nitrogen and oxygen atoms in total. The number of carbonyl (C=O) groups excluding carboxylic acids is 3. The van der Waals surface area contributed by atoms with Gasteiger partial charge in [0.1, 0.15) is 29.2 Å². The third-order valence-electron chi connectivity index (χ3n) is 3.87. The normalized spacial score (nSPS) is 10.6. The number of benzene rings is 2. The van der Waals surface area contributed by atoms with Crippen molar-refractivity contribution < 1.29 is 28.6 Å². The van der Waals surface area contributed by atoms with E-state index in [1.807, 2.05) is 0 Å². The fourth-order valence-electron chi connectivity index (χ4n) is 2.58. The minimum Gasteiger partial charge on any atom is -0.496 e. The number of carbonyl (C=O) groups is 3. The number of hydrogen-bond acceptors (Lipinski definition) is 6. The molecule has 0 aliphatic heterocycles. The van der Waals surface area contributed by atoms with Gasteiger partial charge in [0.25, 0.3) is 5.91 Å². The molecule has 0 fully saturated rings. The molecular formula is C22H27N3O6. The van der Waals surface area contributed by atoms with Crippen molar-refractivity contribution in [3.8, 4) is 11.5 Å². The van der Waals surface area contributed by atoms with E-state index in [-0.39, 0.29) is 12.1 Å². The number of alkyl carbamates (subject to hydrolysis) is 1. The molecular weight excluding hydrogens is 402 g/mol. The van der Waals surface area contributed by atoms with E-state index in [0.717, 1.165) is 0 Å². The molecule has 0 atom stereocenters. The zero-order chi connectivity index (χ0) is 23.0. The first-order chi connectivity index (χ1) is 14.6. The Morgan fingerprint density at radius 2 is 1.35 bits per heavy atom. The smallest absolute Gasteiger partial charge is 0.408 e. The number of nitrogens with one attached hydrogen (secondary N) is 3. The van der Waals surface area contributed by atoms with Gasteiger partial charge in [0.15, 0.2) is 0 Å². The van der Waals surface area contributed by atoms with Gasteiger partial charge in [0.05, 0.1) is 14.2 Å². The molecule has 0 unspecified atom stereocenters. The van der Waals surface area contributed by atoms with E-state index in [2.05, 4.69) is 16.0 Å². The summed E-state index contributed by atoms with van der Waals surface area (Å²) in [6.07, 6.45) is -0.674. The van der Waals surface area contributed by atoms with Crippen LogP contribution in [0.5, 0.6) is 11.5 Å². The fourth-order valence-corrected chi connectivity index (χ4v) is 2.58. The van der Waals surface area contributed by atoms with Crippen LogP contribution in [-0.2, 0) is 9.53 Å². The van der Waals surface area contributed by atoms with Crippen LogP contribution >= 0.6 is 0 Å². The lowest BCUT2D eigenvalue weighted by Gasteiger charge is -2.19. The van der Waals surface area contributed by atoms with Gasteiger partial charge in [-0.05, 0) is 57.2 Å². The van der Waals surface area contributed by atoms with Crippen LogP contribution in [0.25, 0.3) is 0 Å². The first-order valence-corrected chi connectivity index (χ1v) is 9.52. The second-order valence-corrected chi connectivity index (χ2v) is 7.47. The Labute approximate surface area is 181 Å². The van der Waals surface area contributed by atoms with Gasteiger partial charge in [0, 0.05) is 11.4 Å². The van der Waals surface area contributed by atoms with Crippen LogP contribution in [0.4, 0.5) is 16.2 Å². The Morgan fingerprint density at radius 1 is 0.839 bits per heavy atom. The van der Waals surface area contributed by atoms with Crippen molar-refractivity contribution in [2.75, 3.05) is 31.4 Å². The monoisotopic (exact) mass is 429 g/mol. The molecule has 0 heterocycles. The predicted molar refractivity (Wildman–Crippen MR) is 117 cm³/mol. The number of hydrogen-bond donors (Lipinski definition) is 3. The topological polar surface area (TPSA) is 115 Å². The van der Waals surface area contributed by atoms with Gasteiger partial charge >= 0.3 is 6.09 Å². The molecule has 9 heteroatoms. The Hall–Kier alpha value is -3.75. The molecule has 0 aliphatic carbocycles. The zero-order valence-corrected chi connectivity index (χ0v) is 18.2. The van der Waals surface area contributed by atoms with Gasteiger partial charge in [-0.2, -0.15) is 0 Å². The summed E-state index contributed by atoms with van der Waals surface area (Å²) in [7, 11) is 2.95. The number of rotatable bonds is 7. The average molecular weight is 429 g/mol. The van der Waals surface area contributed by atoms with Gasteiger partial charge in [-0.25, -0.2) is 4.79 Å². The van der Waals surface area contributed by atoms with Crippen LogP contribution in [-0.4, -0.2) is 44.3 Å². The summed E-state index contributed by atoms with van der Waals surface area (Å²) in [6, 6.07) is 11.6. The molecule has 2 aromatic carbocycles. The lowest BCUT2D eigenvalue weighted by molar-refractivity contribution is -0.115. The summed E-state index contributed by atoms with van der Waals surface area (Å²) in [6.45, 7) is 4.96. The number of ether oxygens (including phenoxy) is 3. The van der Waals surface area contributed by atoms with E-state index >= 15 is 0 Å². The lowest BCUT2D eigenvalue weighted by Crippen LogP contribution is -2.37. The molecule has 0 radical (unpaired) electrons. The van der Waals surface area contributed by atoms with Gasteiger partial charge in [0.2, 0.25) is 5.91 Å². The van der Waals surface area contributed by atoms with Crippen LogP contribution < -0.4 is 25.4 Å². The van der Waals surface area contributed by atoms with Crippen molar-refractivity contribution in [1.29, 1.82) is 0 Å². The Kier molecular flexibility index (Phi) is 7.84. The molecule has 0 aromatic heterocycles. The molecule has 0 spiro atoms. The highest BCUT2D eigenvalue weighted by Gasteiger charge is 2.19. The summed E-state index contributed by atoms with van der Waals surface area (Å²) in [5, 5.41) is 7.79. The third-order valence-corrected chi connectivity index (χ3v) is 3.87. The molecule has 0 bridgehead atoms. The Bertz CT molecular complexity index is 913. The summed E-state index contributed by atoms with van der Waals surface area (Å²) in [5.41, 5.74) is 0.652. The highest BCUT2D eigenvalue weighted by Crippen LogP contribution is 2.29. The first kappa shape index (κ1) is 23.5. The van der Waals surface area contributed by atoms with E-state index in [4.69, 9.17) is 14.2 Å². The predicted octanol–water partition coefficient (Wildman–Crippen LogP) is 3.42. The number of anilines is 2. The van der Waals surface area contributed by atoms with Gasteiger partial charge in [-0.1, -0.05) is 6.07 Å².